The third kappa shape index (κ3) is 16.3. The smallest absolute Gasteiger partial charge is 0.308 e. The van der Waals surface area contributed by atoms with Crippen molar-refractivity contribution in [2.45, 2.75) is 124 Å². The van der Waals surface area contributed by atoms with E-state index in [9.17, 15) is 41.9 Å². The van der Waals surface area contributed by atoms with Crippen LogP contribution in [0.5, 0.6) is 23.0 Å². The number of aryl methyl sites for hydroxylation is 4. The molecule has 4 atom stereocenters. The second-order valence-electron chi connectivity index (χ2n) is 29.1. The van der Waals surface area contributed by atoms with Crippen LogP contribution in [-0.4, -0.2) is 115 Å². The molecule has 10 aromatic rings. The molecule has 0 amide bonds. The first-order chi connectivity index (χ1) is 49.3. The first kappa shape index (κ1) is 75.4. The van der Waals surface area contributed by atoms with Crippen molar-refractivity contribution >= 4 is 53.4 Å². The molecule has 26 heteroatoms. The molecule has 0 spiro atoms. The van der Waals surface area contributed by atoms with Gasteiger partial charge in [-0.15, -0.1) is 0 Å². The number of hydrogen-bond acceptors (Lipinski definition) is 15. The fourth-order valence-corrected chi connectivity index (χ4v) is 18.5. The molecule has 4 unspecified atom stereocenters. The number of ether oxygens (including phenoxy) is 3. The minimum atomic E-state index is -3.67. The SMILES string of the molecule is CC(Cc1cccc(C2(C#N)CCCC(C)(C)CS(=O)(=O)CCc3c(c(F)cc4[nH]ccc34)Oc3ccc(F)c(c3)-c3nc2nn3C)c1)C(=O)O.CCOC(=O)C(C)Cc1cccc(C2(CO)CCCC(C)(C)CS(=O)(=O)CCc3c(c(F)cc4[nH]ccc34)Oc3ccc(F)c(c3)-c3nc2nn3C)c1. The van der Waals surface area contributed by atoms with Gasteiger partial charge in [-0.2, -0.15) is 15.5 Å². The summed E-state index contributed by atoms with van der Waals surface area (Å²) in [5.41, 5.74) is 0.617. The Morgan fingerprint density at radius 1 is 0.635 bits per heavy atom. The van der Waals surface area contributed by atoms with E-state index in [1.165, 1.54) is 57.9 Å². The summed E-state index contributed by atoms with van der Waals surface area (Å²) < 4.78 is 138. The van der Waals surface area contributed by atoms with Crippen LogP contribution in [0.1, 0.15) is 132 Å². The van der Waals surface area contributed by atoms with Gasteiger partial charge in [0.2, 0.25) is 0 Å². The molecule has 6 aromatic carbocycles. The Kier molecular flexibility index (Phi) is 21.9. The van der Waals surface area contributed by atoms with E-state index in [0.717, 1.165) is 5.56 Å². The lowest BCUT2D eigenvalue weighted by molar-refractivity contribution is -0.147. The van der Waals surface area contributed by atoms with Crippen molar-refractivity contribution in [1.29, 1.82) is 5.26 Å². The largest absolute Gasteiger partial charge is 0.481 e. The fraction of sp³-hybridized carbons (Fsp3) is 0.397. The number of fused-ring (bicyclic) bond motifs is 16. The molecule has 0 saturated heterocycles. The van der Waals surface area contributed by atoms with Gasteiger partial charge >= 0.3 is 11.9 Å². The molecule has 2 aliphatic heterocycles. The molecule has 104 heavy (non-hydrogen) atoms. The number of nitrogens with one attached hydrogen (secondary N) is 2. The zero-order valence-corrected chi connectivity index (χ0v) is 61.2. The van der Waals surface area contributed by atoms with Crippen LogP contribution in [0.15, 0.2) is 122 Å². The van der Waals surface area contributed by atoms with E-state index in [-0.39, 0.29) is 119 Å². The van der Waals surface area contributed by atoms with Gasteiger partial charge in [-0.05, 0) is 140 Å². The number of aromatic amines is 2. The Hall–Kier alpha value is -9.71. The van der Waals surface area contributed by atoms with Crippen LogP contribution < -0.4 is 9.47 Å². The van der Waals surface area contributed by atoms with Crippen molar-refractivity contribution in [3.63, 3.8) is 0 Å². The van der Waals surface area contributed by atoms with Gasteiger partial charge in [0, 0.05) is 71.6 Å². The van der Waals surface area contributed by atoms with Crippen LogP contribution in [-0.2, 0) is 84.6 Å². The molecule has 0 aliphatic carbocycles. The van der Waals surface area contributed by atoms with Crippen LogP contribution in [0, 0.1) is 57.3 Å². The van der Waals surface area contributed by atoms with Gasteiger partial charge in [0.1, 0.15) is 28.5 Å². The summed E-state index contributed by atoms with van der Waals surface area (Å²) in [6.45, 7) is 12.6. The number of rotatable bonds is 10. The number of sulfone groups is 2. The van der Waals surface area contributed by atoms with Crippen molar-refractivity contribution in [2.75, 3.05) is 36.2 Å². The van der Waals surface area contributed by atoms with Crippen molar-refractivity contribution in [1.82, 2.24) is 39.5 Å². The molecule has 12 rings (SSSR count). The maximum atomic E-state index is 15.7. The summed E-state index contributed by atoms with van der Waals surface area (Å²) in [5, 5.41) is 42.4. The molecular formula is C78H85F4N9O11S2. The Morgan fingerprint density at radius 2 is 1.11 bits per heavy atom. The number of carboxylic acid groups (broad SMARTS) is 1. The number of halogens is 4. The van der Waals surface area contributed by atoms with E-state index in [0.29, 0.717) is 88.1 Å². The normalized spacial score (nSPS) is 19.5. The van der Waals surface area contributed by atoms with E-state index in [1.54, 1.807) is 83.7 Å². The molecule has 0 radical (unpaired) electrons. The fourth-order valence-electron chi connectivity index (χ4n) is 14.5. The lowest BCUT2D eigenvalue weighted by Gasteiger charge is -2.32. The van der Waals surface area contributed by atoms with Crippen LogP contribution >= 0.6 is 0 Å². The highest BCUT2D eigenvalue weighted by molar-refractivity contribution is 7.91. The molecule has 4 N–H and O–H groups in total. The highest BCUT2D eigenvalue weighted by atomic mass is 32.2. The average molecular weight is 1460 g/mol. The van der Waals surface area contributed by atoms with Gasteiger partial charge in [0.25, 0.3) is 0 Å². The van der Waals surface area contributed by atoms with Gasteiger partial charge in [0.15, 0.2) is 66.1 Å². The standard InChI is InChI=1S/C40H46F2N4O6S.C38H39F2N5O5S/c1-6-51-37(48)25(2)19-26-9-7-10-27(20-26)40(23-47)16-8-15-39(3,4)24-53(49,50)18-14-30-29-13-17-43-34(29)22-33(42)35(30)52-28-11-12-32(41)31(21-28)36-44-38(40)45-46(36)5;1-23(35(46)47)17-24-7-5-8-25(18-24)38(21-41)14-6-13-37(2,3)22-51(48,49)16-12-28-27-11-15-42-32(27)20-31(40)33(28)50-26-9-10-30(39)29(19-26)34-43-36(38)44-45(34)4/h7,9-13,17,20-22,25,43,47H,6,8,14-16,18-19,23-24H2,1-5H3;5,7-11,15,18-20,23,42H,6,12-14,16-17,22H2,1-4H3,(H,46,47). The number of aliphatic hydroxyl groups is 1. The number of aliphatic carboxylic acids is 1. The summed E-state index contributed by atoms with van der Waals surface area (Å²) >= 11 is 0. The Balaban J connectivity index is 0.000000208. The van der Waals surface area contributed by atoms with E-state index in [1.807, 2.05) is 52.0 Å². The van der Waals surface area contributed by atoms with Crippen LogP contribution in [0.3, 0.4) is 0 Å². The zero-order chi connectivity index (χ0) is 74.8. The number of benzene rings is 6. The molecule has 6 heterocycles. The molecule has 20 nitrogen and oxygen atoms in total. The quantitative estimate of drug-likeness (QED) is 0.0731. The Bertz CT molecular complexity index is 5180. The number of esters is 1. The average Bonchev–Trinajstić information content (AvgIpc) is 1.63. The molecule has 548 valence electrons. The number of carbonyl (C=O) groups excluding carboxylic acids is 1. The molecule has 8 bridgehead atoms. The number of nitrogens with zero attached hydrogens (tertiary/aromatic N) is 7. The summed E-state index contributed by atoms with van der Waals surface area (Å²) in [4.78, 5) is 39.7. The summed E-state index contributed by atoms with van der Waals surface area (Å²) in [7, 11) is -4.09. The lowest BCUT2D eigenvalue weighted by Crippen LogP contribution is -2.35. The number of hydrogen-bond donors (Lipinski definition) is 4. The predicted molar refractivity (Wildman–Crippen MR) is 387 cm³/mol. The van der Waals surface area contributed by atoms with Crippen molar-refractivity contribution in [2.24, 2.45) is 36.8 Å². The molecule has 4 aromatic heterocycles. The summed E-state index contributed by atoms with van der Waals surface area (Å²) in [6, 6.07) is 31.0. The van der Waals surface area contributed by atoms with Gasteiger partial charge in [-0.1, -0.05) is 103 Å². The van der Waals surface area contributed by atoms with Crippen LogP contribution in [0.2, 0.25) is 0 Å². The summed E-state index contributed by atoms with van der Waals surface area (Å²) in [6.07, 6.45) is 6.28. The number of H-pyrrole nitrogens is 2. The second kappa shape index (κ2) is 30.2. The highest BCUT2D eigenvalue weighted by Gasteiger charge is 2.43. The highest BCUT2D eigenvalue weighted by Crippen LogP contribution is 2.45. The van der Waals surface area contributed by atoms with E-state index >= 15 is 17.6 Å². The first-order valence-corrected chi connectivity index (χ1v) is 38.3. The maximum Gasteiger partial charge on any atom is 0.308 e. The monoisotopic (exact) mass is 1460 g/mol. The van der Waals surface area contributed by atoms with Crippen molar-refractivity contribution < 1.29 is 68.4 Å². The van der Waals surface area contributed by atoms with E-state index in [2.05, 4.69) is 21.1 Å². The first-order valence-electron chi connectivity index (χ1n) is 34.6. The van der Waals surface area contributed by atoms with Crippen LogP contribution in [0.25, 0.3) is 44.6 Å². The van der Waals surface area contributed by atoms with Crippen LogP contribution in [0.4, 0.5) is 17.6 Å². The third-order valence-electron chi connectivity index (χ3n) is 19.8. The number of carboxylic acids is 1. The van der Waals surface area contributed by atoms with Crippen molar-refractivity contribution in [3.8, 4) is 51.8 Å². The van der Waals surface area contributed by atoms with Gasteiger partial charge < -0.3 is 34.4 Å². The van der Waals surface area contributed by atoms with Gasteiger partial charge in [0.05, 0.1) is 70.7 Å². The predicted octanol–water partition coefficient (Wildman–Crippen LogP) is 14.5. The van der Waals surface area contributed by atoms with Gasteiger partial charge in [-0.25, -0.2) is 53.7 Å². The molecule has 0 saturated carbocycles. The molecular weight excluding hydrogens is 1380 g/mol. The maximum absolute atomic E-state index is 15.7. The van der Waals surface area contributed by atoms with E-state index in [4.69, 9.17) is 29.3 Å². The van der Waals surface area contributed by atoms with E-state index < -0.39 is 89.0 Å². The zero-order valence-electron chi connectivity index (χ0n) is 59.5. The number of carbonyl (C=O) groups is 2. The topological polar surface area (TPSA) is 287 Å². The number of aliphatic hydroxyl groups excluding tert-OH is 1. The minimum absolute atomic E-state index is 0.000689. The second-order valence-corrected chi connectivity index (χ2v) is 33.5. The Labute approximate surface area is 601 Å². The lowest BCUT2D eigenvalue weighted by atomic mass is 9.74. The molecule has 2 aliphatic rings. The molecule has 0 fully saturated rings. The number of aromatic nitrogens is 8. The number of nitriles is 1. The minimum Gasteiger partial charge on any atom is -0.481 e. The summed E-state index contributed by atoms with van der Waals surface area (Å²) in [5.74, 6) is -5.21. The Morgan fingerprint density at radius 3 is 1.60 bits per heavy atom. The third-order valence-corrected chi connectivity index (χ3v) is 23.9. The van der Waals surface area contributed by atoms with Crippen molar-refractivity contribution in [3.05, 3.63) is 190 Å². The van der Waals surface area contributed by atoms with Gasteiger partial charge in [-0.3, -0.25) is 9.59 Å².